The lowest BCUT2D eigenvalue weighted by Crippen LogP contribution is -2.20. The molecule has 0 spiro atoms. The van der Waals surface area contributed by atoms with Gasteiger partial charge in [-0.2, -0.15) is 0 Å². The molecule has 1 fully saturated rings. The van der Waals surface area contributed by atoms with E-state index in [1.54, 1.807) is 6.92 Å². The predicted octanol–water partition coefficient (Wildman–Crippen LogP) is 0.332. The van der Waals surface area contributed by atoms with E-state index in [0.29, 0.717) is 11.6 Å². The van der Waals surface area contributed by atoms with Crippen molar-refractivity contribution in [3.8, 4) is 0 Å². The molecule has 0 bridgehead atoms. The average Bonchev–Trinajstić information content (AvgIpc) is 2.57. The number of nitro groups is 1. The summed E-state index contributed by atoms with van der Waals surface area (Å²) in [5.41, 5.74) is -0.491. The quantitative estimate of drug-likeness (QED) is 0.318. The fraction of sp³-hybridized carbons (Fsp3) is 0.571. The summed E-state index contributed by atoms with van der Waals surface area (Å²) in [7, 11) is 0. The molecule has 0 saturated carbocycles. The van der Waals surface area contributed by atoms with Gasteiger partial charge < -0.3 is 10.1 Å². The molecule has 0 aromatic heterocycles. The summed E-state index contributed by atoms with van der Waals surface area (Å²) < 4.78 is 4.59. The number of esters is 1. The van der Waals surface area contributed by atoms with E-state index in [9.17, 15) is 14.9 Å². The van der Waals surface area contributed by atoms with Crippen molar-refractivity contribution in [2.24, 2.45) is 0 Å². The van der Waals surface area contributed by atoms with E-state index in [1.165, 1.54) is 11.8 Å². The molecule has 0 atom stereocenters. The number of hydrogen-bond donors (Lipinski definition) is 1. The summed E-state index contributed by atoms with van der Waals surface area (Å²) in [5, 5.41) is 13.7. The molecule has 1 aliphatic heterocycles. The number of nitrogens with zero attached hydrogens (tertiary/aromatic N) is 1. The minimum Gasteiger partial charge on any atom is -0.458 e. The molecule has 1 rings (SSSR count). The molecule has 1 N–H and O–H groups in total. The average molecular weight is 218 g/mol. The third-order valence-corrected chi connectivity index (χ3v) is 2.54. The van der Waals surface area contributed by atoms with Crippen molar-refractivity contribution in [2.45, 2.75) is 6.92 Å². The van der Waals surface area contributed by atoms with Crippen LogP contribution in [0.5, 0.6) is 0 Å². The van der Waals surface area contributed by atoms with Gasteiger partial charge in [-0.15, -0.1) is 0 Å². The van der Waals surface area contributed by atoms with Crippen LogP contribution in [0.3, 0.4) is 0 Å². The number of hydrogen-bond acceptors (Lipinski definition) is 6. The van der Waals surface area contributed by atoms with Gasteiger partial charge in [0.25, 0.3) is 0 Å². The summed E-state index contributed by atoms with van der Waals surface area (Å²) >= 11 is 1.26. The van der Waals surface area contributed by atoms with Crippen LogP contribution >= 0.6 is 11.8 Å². The van der Waals surface area contributed by atoms with Gasteiger partial charge in [0, 0.05) is 12.3 Å². The van der Waals surface area contributed by atoms with Crippen molar-refractivity contribution in [1.82, 2.24) is 5.32 Å². The van der Waals surface area contributed by atoms with E-state index in [4.69, 9.17) is 0 Å². The van der Waals surface area contributed by atoms with Gasteiger partial charge in [0.05, 0.1) is 11.5 Å². The lowest BCUT2D eigenvalue weighted by Gasteiger charge is -2.01. The lowest BCUT2D eigenvalue weighted by atomic mass is 10.5. The molecular formula is C7H10N2O4S. The molecule has 1 heterocycles. The fourth-order valence-corrected chi connectivity index (χ4v) is 1.88. The van der Waals surface area contributed by atoms with E-state index < -0.39 is 16.6 Å². The van der Waals surface area contributed by atoms with Crippen LogP contribution in [-0.4, -0.2) is 29.8 Å². The van der Waals surface area contributed by atoms with Gasteiger partial charge in [-0.3, -0.25) is 10.1 Å². The van der Waals surface area contributed by atoms with E-state index in [1.807, 2.05) is 0 Å². The predicted molar refractivity (Wildman–Crippen MR) is 51.1 cm³/mol. The second-order valence-electron chi connectivity index (χ2n) is 2.43. The number of rotatable bonds is 3. The lowest BCUT2D eigenvalue weighted by molar-refractivity contribution is -0.422. The van der Waals surface area contributed by atoms with Crippen LogP contribution in [0.4, 0.5) is 0 Å². The highest BCUT2D eigenvalue weighted by atomic mass is 32.2. The highest BCUT2D eigenvalue weighted by molar-refractivity contribution is 8.03. The standard InChI is InChI=1S/C7H10N2O4S/c1-2-13-7(10)5(9(11)12)6-8-3-4-14-6/h8H,2-4H2,1H3. The van der Waals surface area contributed by atoms with E-state index in [-0.39, 0.29) is 6.61 Å². The summed E-state index contributed by atoms with van der Waals surface area (Å²) in [5.74, 6) is -0.152. The highest BCUT2D eigenvalue weighted by Gasteiger charge is 2.31. The number of carbonyl (C=O) groups excluding carboxylic acids is 1. The normalized spacial score (nSPS) is 18.6. The highest BCUT2D eigenvalue weighted by Crippen LogP contribution is 2.22. The summed E-state index contributed by atoms with van der Waals surface area (Å²) in [6, 6.07) is 0. The van der Waals surface area contributed by atoms with Crippen LogP contribution in [0.2, 0.25) is 0 Å². The zero-order chi connectivity index (χ0) is 10.6. The Hall–Kier alpha value is -1.24. The molecular weight excluding hydrogens is 208 g/mol. The zero-order valence-electron chi connectivity index (χ0n) is 7.61. The molecule has 78 valence electrons. The Bertz CT molecular complexity index is 281. The first-order chi connectivity index (χ1) is 6.66. The topological polar surface area (TPSA) is 81.5 Å². The van der Waals surface area contributed by atoms with Crippen molar-refractivity contribution in [1.29, 1.82) is 0 Å². The van der Waals surface area contributed by atoms with Gasteiger partial charge in [-0.25, -0.2) is 4.79 Å². The van der Waals surface area contributed by atoms with E-state index in [2.05, 4.69) is 10.1 Å². The number of carbonyl (C=O) groups is 1. The SMILES string of the molecule is CCOC(=O)C(=C1NCCS1)[N+](=O)[O-]. The Morgan fingerprint density at radius 2 is 2.50 bits per heavy atom. The van der Waals surface area contributed by atoms with Crippen LogP contribution in [-0.2, 0) is 9.53 Å². The van der Waals surface area contributed by atoms with E-state index >= 15 is 0 Å². The molecule has 0 aromatic rings. The fourth-order valence-electron chi connectivity index (χ4n) is 0.970. The smallest absolute Gasteiger partial charge is 0.412 e. The number of nitrogens with one attached hydrogen (secondary N) is 1. The maximum absolute atomic E-state index is 11.2. The first-order valence-corrected chi connectivity index (χ1v) is 5.07. The second-order valence-corrected chi connectivity index (χ2v) is 3.54. The minimum absolute atomic E-state index is 0.133. The molecule has 7 heteroatoms. The van der Waals surface area contributed by atoms with Gasteiger partial charge in [-0.1, -0.05) is 11.8 Å². The first-order valence-electron chi connectivity index (χ1n) is 4.09. The van der Waals surface area contributed by atoms with Crippen molar-refractivity contribution < 1.29 is 14.5 Å². The molecule has 1 aliphatic rings. The Balaban J connectivity index is 2.88. The third-order valence-electron chi connectivity index (χ3n) is 1.50. The molecule has 6 nitrogen and oxygen atoms in total. The Morgan fingerprint density at radius 3 is 2.93 bits per heavy atom. The third kappa shape index (κ3) is 2.38. The van der Waals surface area contributed by atoms with Crippen LogP contribution in [0.1, 0.15) is 6.92 Å². The second kappa shape index (κ2) is 4.85. The van der Waals surface area contributed by atoms with E-state index in [0.717, 1.165) is 5.75 Å². The Morgan fingerprint density at radius 1 is 1.79 bits per heavy atom. The van der Waals surface area contributed by atoms with Gasteiger partial charge >= 0.3 is 11.7 Å². The zero-order valence-corrected chi connectivity index (χ0v) is 8.43. The van der Waals surface area contributed by atoms with Crippen molar-refractivity contribution >= 4 is 17.7 Å². The van der Waals surface area contributed by atoms with Crippen molar-refractivity contribution in [3.63, 3.8) is 0 Å². The van der Waals surface area contributed by atoms with Crippen LogP contribution in [0.25, 0.3) is 0 Å². The van der Waals surface area contributed by atoms with Crippen LogP contribution < -0.4 is 5.32 Å². The minimum atomic E-state index is -0.880. The van der Waals surface area contributed by atoms with Crippen LogP contribution in [0.15, 0.2) is 10.7 Å². The van der Waals surface area contributed by atoms with Gasteiger partial charge in [0.1, 0.15) is 0 Å². The van der Waals surface area contributed by atoms with Gasteiger partial charge in [0.15, 0.2) is 5.03 Å². The number of ether oxygens (including phenoxy) is 1. The molecule has 14 heavy (non-hydrogen) atoms. The van der Waals surface area contributed by atoms with Gasteiger partial charge in [-0.05, 0) is 6.92 Å². The molecule has 0 aromatic carbocycles. The number of thioether (sulfide) groups is 1. The molecule has 1 saturated heterocycles. The van der Waals surface area contributed by atoms with Crippen molar-refractivity contribution in [2.75, 3.05) is 18.9 Å². The summed E-state index contributed by atoms with van der Waals surface area (Å²) in [6.07, 6.45) is 0. The van der Waals surface area contributed by atoms with Crippen molar-refractivity contribution in [3.05, 3.63) is 20.8 Å². The maximum Gasteiger partial charge on any atom is 0.412 e. The molecule has 0 aliphatic carbocycles. The first kappa shape index (κ1) is 10.8. The summed E-state index contributed by atoms with van der Waals surface area (Å²) in [6.45, 7) is 2.38. The Labute approximate surface area is 84.8 Å². The summed E-state index contributed by atoms with van der Waals surface area (Å²) in [4.78, 5) is 21.1. The maximum atomic E-state index is 11.2. The molecule has 0 unspecified atom stereocenters. The van der Waals surface area contributed by atoms with Crippen LogP contribution in [0, 0.1) is 10.1 Å². The molecule has 0 amide bonds. The monoisotopic (exact) mass is 218 g/mol. The van der Waals surface area contributed by atoms with Gasteiger partial charge in [0.2, 0.25) is 0 Å². The largest absolute Gasteiger partial charge is 0.458 e. The molecule has 0 radical (unpaired) electrons. The Kier molecular flexibility index (Phi) is 3.75.